The first-order valence-corrected chi connectivity index (χ1v) is 8.15. The average Bonchev–Trinajstić information content (AvgIpc) is 2.78. The maximum atomic E-state index is 4.09. The van der Waals surface area contributed by atoms with Gasteiger partial charge in [0.1, 0.15) is 0 Å². The molecule has 0 aliphatic heterocycles. The summed E-state index contributed by atoms with van der Waals surface area (Å²) in [7, 11) is 0. The van der Waals surface area contributed by atoms with Crippen LogP contribution in [0, 0.1) is 6.92 Å². The Morgan fingerprint density at radius 1 is 1.10 bits per heavy atom. The van der Waals surface area contributed by atoms with Gasteiger partial charge in [-0.15, -0.1) is 0 Å². The fourth-order valence-electron chi connectivity index (χ4n) is 3.17. The molecule has 1 aromatic carbocycles. The van der Waals surface area contributed by atoms with Gasteiger partial charge in [0.2, 0.25) is 0 Å². The molecule has 3 nitrogen and oxygen atoms in total. The molecule has 0 atom stereocenters. The van der Waals surface area contributed by atoms with Gasteiger partial charge in [-0.05, 0) is 36.5 Å². The summed E-state index contributed by atoms with van der Waals surface area (Å²) in [4.78, 5) is 0. The largest absolute Gasteiger partial charge is 0.310 e. The van der Waals surface area contributed by atoms with Crippen LogP contribution in [0.25, 0.3) is 11.3 Å². The van der Waals surface area contributed by atoms with Crippen molar-refractivity contribution in [2.75, 3.05) is 0 Å². The average molecular weight is 283 g/mol. The molecule has 0 amide bonds. The third-order valence-electron chi connectivity index (χ3n) is 4.52. The molecular weight excluding hydrogens is 258 g/mol. The molecule has 1 fully saturated rings. The molecule has 1 saturated carbocycles. The summed E-state index contributed by atoms with van der Waals surface area (Å²) in [6.07, 6.45) is 10.1. The Morgan fingerprint density at radius 3 is 2.43 bits per heavy atom. The Balaban J connectivity index is 1.58. The lowest BCUT2D eigenvalue weighted by Gasteiger charge is -2.16. The third-order valence-corrected chi connectivity index (χ3v) is 4.52. The lowest BCUT2D eigenvalue weighted by molar-refractivity contribution is 0.459. The molecule has 1 aromatic heterocycles. The summed E-state index contributed by atoms with van der Waals surface area (Å²) in [6, 6.07) is 9.52. The first-order valence-electron chi connectivity index (χ1n) is 8.15. The molecule has 1 aliphatic rings. The van der Waals surface area contributed by atoms with E-state index in [2.05, 4.69) is 46.7 Å². The number of rotatable bonds is 4. The third kappa shape index (κ3) is 3.73. The quantitative estimate of drug-likeness (QED) is 0.826. The zero-order valence-corrected chi connectivity index (χ0v) is 12.9. The fourth-order valence-corrected chi connectivity index (χ4v) is 3.17. The van der Waals surface area contributed by atoms with Crippen molar-refractivity contribution in [3.05, 3.63) is 41.6 Å². The lowest BCUT2D eigenvalue weighted by atomic mass is 10.1. The molecule has 21 heavy (non-hydrogen) atoms. The molecule has 112 valence electrons. The van der Waals surface area contributed by atoms with E-state index in [0.29, 0.717) is 6.04 Å². The number of aromatic amines is 1. The van der Waals surface area contributed by atoms with E-state index in [9.17, 15) is 0 Å². The van der Waals surface area contributed by atoms with Gasteiger partial charge in [0.25, 0.3) is 0 Å². The highest BCUT2D eigenvalue weighted by Gasteiger charge is 2.11. The van der Waals surface area contributed by atoms with Gasteiger partial charge in [0.05, 0.1) is 11.9 Å². The molecule has 0 unspecified atom stereocenters. The van der Waals surface area contributed by atoms with Gasteiger partial charge < -0.3 is 5.32 Å². The molecule has 1 heterocycles. The van der Waals surface area contributed by atoms with Gasteiger partial charge in [-0.1, -0.05) is 49.9 Å². The number of nitrogens with one attached hydrogen (secondary N) is 2. The Hall–Kier alpha value is -1.61. The summed E-state index contributed by atoms with van der Waals surface area (Å²) < 4.78 is 0. The highest BCUT2D eigenvalue weighted by atomic mass is 15.1. The monoisotopic (exact) mass is 283 g/mol. The van der Waals surface area contributed by atoms with Crippen LogP contribution in [-0.2, 0) is 6.54 Å². The molecular formula is C18H25N3. The Morgan fingerprint density at radius 2 is 1.81 bits per heavy atom. The van der Waals surface area contributed by atoms with Crippen LogP contribution in [-0.4, -0.2) is 16.2 Å². The predicted octanol–water partition coefficient (Wildman–Crippen LogP) is 4.20. The van der Waals surface area contributed by atoms with E-state index in [0.717, 1.165) is 12.2 Å². The highest BCUT2D eigenvalue weighted by molar-refractivity contribution is 5.62. The van der Waals surface area contributed by atoms with Gasteiger partial charge in [-0.3, -0.25) is 5.10 Å². The second-order valence-electron chi connectivity index (χ2n) is 6.19. The van der Waals surface area contributed by atoms with E-state index >= 15 is 0 Å². The zero-order chi connectivity index (χ0) is 14.5. The van der Waals surface area contributed by atoms with E-state index in [1.165, 1.54) is 55.2 Å². The standard InChI is InChI=1S/C18H25N3/c1-14-12-20-21-18(14)16-10-8-15(9-11-16)13-19-17-6-4-2-3-5-7-17/h8-12,17,19H,2-7,13H2,1H3,(H,20,21). The number of benzene rings is 1. The van der Waals surface area contributed by atoms with Crippen LogP contribution in [0.1, 0.15) is 49.7 Å². The Kier molecular flexibility index (Phi) is 4.71. The molecule has 0 bridgehead atoms. The molecule has 1 aliphatic carbocycles. The van der Waals surface area contributed by atoms with Crippen LogP contribution in [0.2, 0.25) is 0 Å². The molecule has 0 saturated heterocycles. The maximum absolute atomic E-state index is 4.09. The predicted molar refractivity (Wildman–Crippen MR) is 87.1 cm³/mol. The summed E-state index contributed by atoms with van der Waals surface area (Å²) in [5, 5.41) is 10.9. The van der Waals surface area contributed by atoms with Crippen molar-refractivity contribution in [2.45, 2.75) is 58.0 Å². The van der Waals surface area contributed by atoms with Crippen LogP contribution in [0.5, 0.6) is 0 Å². The van der Waals surface area contributed by atoms with Crippen molar-refractivity contribution in [3.8, 4) is 11.3 Å². The molecule has 0 spiro atoms. The SMILES string of the molecule is Cc1cn[nH]c1-c1ccc(CNC2CCCCCC2)cc1. The van der Waals surface area contributed by atoms with Crippen LogP contribution in [0.4, 0.5) is 0 Å². The van der Waals surface area contributed by atoms with Gasteiger partial charge in [-0.25, -0.2) is 0 Å². The van der Waals surface area contributed by atoms with E-state index in [1.54, 1.807) is 0 Å². The minimum absolute atomic E-state index is 0.710. The van der Waals surface area contributed by atoms with Crippen LogP contribution in [0.3, 0.4) is 0 Å². The van der Waals surface area contributed by atoms with E-state index < -0.39 is 0 Å². The van der Waals surface area contributed by atoms with Crippen molar-refractivity contribution in [1.29, 1.82) is 0 Å². The van der Waals surface area contributed by atoms with Crippen molar-refractivity contribution < 1.29 is 0 Å². The van der Waals surface area contributed by atoms with Crippen LogP contribution in [0.15, 0.2) is 30.5 Å². The number of hydrogen-bond acceptors (Lipinski definition) is 2. The first kappa shape index (κ1) is 14.3. The Labute approximate surface area is 127 Å². The van der Waals surface area contributed by atoms with Crippen LogP contribution < -0.4 is 5.32 Å². The number of aryl methyl sites for hydroxylation is 1. The molecule has 3 rings (SSSR count). The smallest absolute Gasteiger partial charge is 0.0679 e. The summed E-state index contributed by atoms with van der Waals surface area (Å²) in [5.74, 6) is 0. The number of aromatic nitrogens is 2. The maximum Gasteiger partial charge on any atom is 0.0679 e. The molecule has 3 heteroatoms. The lowest BCUT2D eigenvalue weighted by Crippen LogP contribution is -2.27. The van der Waals surface area contributed by atoms with Gasteiger partial charge >= 0.3 is 0 Å². The van der Waals surface area contributed by atoms with Gasteiger partial charge in [0, 0.05) is 12.6 Å². The molecule has 2 N–H and O–H groups in total. The Bertz CT molecular complexity index is 548. The number of H-pyrrole nitrogens is 1. The van der Waals surface area contributed by atoms with Crippen molar-refractivity contribution in [2.24, 2.45) is 0 Å². The van der Waals surface area contributed by atoms with Crippen molar-refractivity contribution in [1.82, 2.24) is 15.5 Å². The summed E-state index contributed by atoms with van der Waals surface area (Å²) in [6.45, 7) is 3.06. The summed E-state index contributed by atoms with van der Waals surface area (Å²) in [5.41, 5.74) is 4.89. The number of hydrogen-bond donors (Lipinski definition) is 2. The first-order chi connectivity index (χ1) is 10.3. The highest BCUT2D eigenvalue weighted by Crippen LogP contribution is 2.21. The fraction of sp³-hybridized carbons (Fsp3) is 0.500. The summed E-state index contributed by atoms with van der Waals surface area (Å²) >= 11 is 0. The van der Waals surface area contributed by atoms with E-state index in [1.807, 2.05) is 6.20 Å². The zero-order valence-electron chi connectivity index (χ0n) is 12.9. The normalized spacial score (nSPS) is 16.8. The minimum atomic E-state index is 0.710. The van der Waals surface area contributed by atoms with Crippen LogP contribution >= 0.6 is 0 Å². The minimum Gasteiger partial charge on any atom is -0.310 e. The molecule has 2 aromatic rings. The van der Waals surface area contributed by atoms with Crippen molar-refractivity contribution >= 4 is 0 Å². The number of nitrogens with zero attached hydrogens (tertiary/aromatic N) is 1. The van der Waals surface area contributed by atoms with Crippen molar-refractivity contribution in [3.63, 3.8) is 0 Å². The molecule has 0 radical (unpaired) electrons. The van der Waals surface area contributed by atoms with E-state index in [-0.39, 0.29) is 0 Å². The second-order valence-corrected chi connectivity index (χ2v) is 6.19. The topological polar surface area (TPSA) is 40.7 Å². The van der Waals surface area contributed by atoms with E-state index in [4.69, 9.17) is 0 Å². The second kappa shape index (κ2) is 6.90. The van der Waals surface area contributed by atoms with Gasteiger partial charge in [-0.2, -0.15) is 5.10 Å². The van der Waals surface area contributed by atoms with Gasteiger partial charge in [0.15, 0.2) is 0 Å².